The van der Waals surface area contributed by atoms with Crippen molar-refractivity contribution in [2.24, 2.45) is 5.92 Å². The van der Waals surface area contributed by atoms with Crippen molar-refractivity contribution in [3.8, 4) is 5.75 Å². The van der Waals surface area contributed by atoms with E-state index in [1.54, 1.807) is 37.3 Å². The van der Waals surface area contributed by atoms with E-state index in [9.17, 15) is 19.2 Å². The average Bonchev–Trinajstić information content (AvgIpc) is 3.97. The number of fused-ring (bicyclic) bond motifs is 2. The van der Waals surface area contributed by atoms with Gasteiger partial charge in [0, 0.05) is 93.7 Å². The van der Waals surface area contributed by atoms with Crippen molar-refractivity contribution in [3.05, 3.63) is 83.3 Å². The molecule has 2 aromatic carbocycles. The smallest absolute Gasteiger partial charge is 0.274 e. The number of anilines is 3. The molecule has 9 rings (SSSR count). The summed E-state index contributed by atoms with van der Waals surface area (Å²) in [6, 6.07) is 11.4. The van der Waals surface area contributed by atoms with Crippen LogP contribution in [0.1, 0.15) is 90.4 Å². The molecule has 2 amide bonds. The Hall–Kier alpha value is -6.47. The molecule has 0 saturated carbocycles. The fraction of sp³-hybridized carbons (Fsp3) is 0.457. The number of carbonyl (C=O) groups excluding carboxylic acids is 4. The predicted octanol–water partition coefficient (Wildman–Crippen LogP) is 5.10. The number of allylic oxidation sites excluding steroid dienone is 1. The van der Waals surface area contributed by atoms with Crippen molar-refractivity contribution in [2.75, 3.05) is 68.0 Å². The van der Waals surface area contributed by atoms with Gasteiger partial charge in [-0.25, -0.2) is 19.6 Å². The summed E-state index contributed by atoms with van der Waals surface area (Å²) in [7, 11) is 1.55. The van der Waals surface area contributed by atoms with Crippen LogP contribution in [-0.4, -0.2) is 112 Å². The highest BCUT2D eigenvalue weighted by Gasteiger charge is 2.29. The van der Waals surface area contributed by atoms with Gasteiger partial charge in [-0.3, -0.25) is 18.7 Å². The number of methoxy groups -OCH3 is 1. The molecule has 16 nitrogen and oxygen atoms in total. The van der Waals surface area contributed by atoms with Gasteiger partial charge in [0.2, 0.25) is 5.78 Å². The van der Waals surface area contributed by atoms with Crippen molar-refractivity contribution in [1.82, 2.24) is 39.7 Å². The van der Waals surface area contributed by atoms with Crippen molar-refractivity contribution in [2.45, 2.75) is 76.8 Å². The van der Waals surface area contributed by atoms with Gasteiger partial charge in [-0.05, 0) is 94.5 Å². The first-order valence-corrected chi connectivity index (χ1v) is 21.9. The molecule has 3 N–H and O–H groups in total. The predicted molar refractivity (Wildman–Crippen MR) is 236 cm³/mol. The topological polar surface area (TPSA) is 171 Å². The van der Waals surface area contributed by atoms with Crippen molar-refractivity contribution in [3.63, 3.8) is 0 Å². The summed E-state index contributed by atoms with van der Waals surface area (Å²) in [5.74, 6) is 4.54. The van der Waals surface area contributed by atoms with Gasteiger partial charge in [0.25, 0.3) is 11.8 Å². The fourth-order valence-corrected chi connectivity index (χ4v) is 9.60. The zero-order chi connectivity index (χ0) is 42.7. The molecule has 5 aromatic rings. The maximum atomic E-state index is 13.7. The number of amides is 2. The van der Waals surface area contributed by atoms with E-state index in [1.807, 2.05) is 29.7 Å². The normalized spacial score (nSPS) is 19.3. The highest BCUT2D eigenvalue weighted by molar-refractivity contribution is 6.06. The Morgan fingerprint density at radius 2 is 1.71 bits per heavy atom. The number of nitrogens with zero attached hydrogens (tertiary/aromatic N) is 8. The quantitative estimate of drug-likeness (QED) is 0.159. The number of imidazole rings is 1. The molecule has 1 atom stereocenters. The first-order chi connectivity index (χ1) is 30.3. The number of hydrogen-bond acceptors (Lipinski definition) is 12. The van der Waals surface area contributed by atoms with Crippen LogP contribution < -0.4 is 30.5 Å². The Morgan fingerprint density at radius 3 is 2.47 bits per heavy atom. The van der Waals surface area contributed by atoms with Gasteiger partial charge >= 0.3 is 0 Å². The molecule has 0 aliphatic carbocycles. The van der Waals surface area contributed by atoms with Crippen LogP contribution in [0.4, 0.5) is 17.1 Å². The highest BCUT2D eigenvalue weighted by Crippen LogP contribution is 2.36. The van der Waals surface area contributed by atoms with E-state index in [-0.39, 0.29) is 23.2 Å². The standard InChI is InChI=1S/C46H53N11O5/c1-30-22-40(51-46-47-14-21-56(30)46)45(61)50-39-23-32-27-57(52-38(32)25-42(39)55-15-4-3-5-16-55)34-12-17-53(18-13-34)26-31-10-19-54(20-11-31)35-7-8-36(43(24-35)62-2)44(60)49-37-9-6-33(28-58)48-41(37)29-59/h7-8,14,21-25,27,31,34,37,48H,3-6,9-13,15-20,26H2,1-2H3,(H,49,60)(H,50,61)/t37-/m0/s1. The van der Waals surface area contributed by atoms with Gasteiger partial charge in [0.05, 0.1) is 41.6 Å². The van der Waals surface area contributed by atoms with Gasteiger partial charge in [0.1, 0.15) is 34.7 Å². The van der Waals surface area contributed by atoms with Gasteiger partial charge in [-0.1, -0.05) is 0 Å². The maximum absolute atomic E-state index is 13.7. The van der Waals surface area contributed by atoms with Crippen LogP contribution >= 0.6 is 0 Å². The number of rotatable bonds is 10. The molecule has 4 saturated heterocycles. The molecular formula is C46H53N11O5. The second-order valence-corrected chi connectivity index (χ2v) is 17.1. The van der Waals surface area contributed by atoms with E-state index < -0.39 is 6.04 Å². The van der Waals surface area contributed by atoms with Crippen LogP contribution in [0, 0.1) is 12.8 Å². The molecule has 0 unspecified atom stereocenters. The molecule has 0 bridgehead atoms. The van der Waals surface area contributed by atoms with Crippen LogP contribution in [0.3, 0.4) is 0 Å². The highest BCUT2D eigenvalue weighted by atomic mass is 16.5. The van der Waals surface area contributed by atoms with Crippen molar-refractivity contribution in [1.29, 1.82) is 0 Å². The number of piperidine rings is 4. The maximum Gasteiger partial charge on any atom is 0.274 e. The third-order valence-electron chi connectivity index (χ3n) is 13.1. The van der Waals surface area contributed by atoms with Gasteiger partial charge in [-0.15, -0.1) is 0 Å². The molecular weight excluding hydrogens is 787 g/mol. The van der Waals surface area contributed by atoms with E-state index in [1.165, 1.54) is 6.42 Å². The van der Waals surface area contributed by atoms with Crippen LogP contribution in [0.2, 0.25) is 0 Å². The number of aryl methyl sites for hydroxylation is 1. The summed E-state index contributed by atoms with van der Waals surface area (Å²) in [6.07, 6.45) is 14.1. The summed E-state index contributed by atoms with van der Waals surface area (Å²) >= 11 is 0. The Balaban J connectivity index is 0.797. The minimum absolute atomic E-state index is 0.118. The zero-order valence-electron chi connectivity index (χ0n) is 35.4. The second kappa shape index (κ2) is 17.9. The number of ether oxygens (including phenoxy) is 1. The minimum Gasteiger partial charge on any atom is -0.496 e. The van der Waals surface area contributed by atoms with E-state index in [0.717, 1.165) is 118 Å². The van der Waals surface area contributed by atoms with Crippen LogP contribution in [0.15, 0.2) is 66.4 Å². The number of hydrogen-bond donors (Lipinski definition) is 3. The molecule has 16 heteroatoms. The Kier molecular flexibility index (Phi) is 11.8. The molecule has 0 spiro atoms. The van der Waals surface area contributed by atoms with Gasteiger partial charge in [-0.2, -0.15) is 5.10 Å². The molecule has 322 valence electrons. The molecule has 4 aliphatic heterocycles. The van der Waals surface area contributed by atoms with Gasteiger partial charge in [0.15, 0.2) is 0 Å². The second-order valence-electron chi connectivity index (χ2n) is 17.1. The van der Waals surface area contributed by atoms with Gasteiger partial charge < -0.3 is 35.4 Å². The monoisotopic (exact) mass is 839 g/mol. The fourth-order valence-electron chi connectivity index (χ4n) is 9.60. The van der Waals surface area contributed by atoms with Crippen LogP contribution in [0.25, 0.3) is 16.7 Å². The number of nitrogens with one attached hydrogen (secondary N) is 3. The number of likely N-dealkylation sites (tertiary alicyclic amines) is 1. The zero-order valence-corrected chi connectivity index (χ0v) is 35.4. The number of aromatic nitrogens is 5. The summed E-state index contributed by atoms with van der Waals surface area (Å²) in [5, 5.41) is 14.9. The summed E-state index contributed by atoms with van der Waals surface area (Å²) < 4.78 is 9.67. The Morgan fingerprint density at radius 1 is 0.903 bits per heavy atom. The summed E-state index contributed by atoms with van der Waals surface area (Å²) in [4.78, 5) is 65.6. The van der Waals surface area contributed by atoms with Crippen molar-refractivity contribution < 1.29 is 23.9 Å². The first-order valence-electron chi connectivity index (χ1n) is 21.9. The minimum atomic E-state index is -0.579. The summed E-state index contributed by atoms with van der Waals surface area (Å²) in [5.41, 5.74) is 5.74. The Bertz CT molecular complexity index is 2580. The van der Waals surface area contributed by atoms with E-state index in [0.29, 0.717) is 47.6 Å². The van der Waals surface area contributed by atoms with E-state index >= 15 is 0 Å². The lowest BCUT2D eigenvalue weighted by atomic mass is 9.94. The first kappa shape index (κ1) is 40.9. The molecule has 4 fully saturated rings. The third-order valence-corrected chi connectivity index (χ3v) is 13.1. The van der Waals surface area contributed by atoms with E-state index in [2.05, 4.69) is 63.6 Å². The molecule has 3 aromatic heterocycles. The average molecular weight is 840 g/mol. The SMILES string of the molecule is COc1cc(N2CCC(CN3CCC(n4cc5cc(NC(=O)c6cc(C)n7ccnc7n6)c(N6CCCCC6)cc5n4)CC3)CC2)ccc1C(=O)N[C@H]1CCC(=C=O)NC1=C=O. The molecule has 7 heterocycles. The summed E-state index contributed by atoms with van der Waals surface area (Å²) in [6.45, 7) is 8.78. The molecule has 62 heavy (non-hydrogen) atoms. The molecule has 4 aliphatic rings. The van der Waals surface area contributed by atoms with Crippen molar-refractivity contribution >= 4 is 57.4 Å². The lowest BCUT2D eigenvalue weighted by molar-refractivity contribution is 0.0935. The number of carbonyl (C=O) groups is 2. The lowest BCUT2D eigenvalue weighted by Crippen LogP contribution is -2.43. The van der Waals surface area contributed by atoms with Crippen LogP contribution in [-0.2, 0) is 9.59 Å². The third kappa shape index (κ3) is 8.54. The largest absolute Gasteiger partial charge is 0.496 e. The lowest BCUT2D eigenvalue weighted by Gasteiger charge is -2.38. The Labute approximate surface area is 360 Å². The van der Waals surface area contributed by atoms with Crippen LogP contribution in [0.5, 0.6) is 5.75 Å². The van der Waals surface area contributed by atoms with E-state index in [4.69, 9.17) is 9.84 Å². The molecule has 0 radical (unpaired) electrons. The number of benzene rings is 2.